The number of aliphatic hydroxyl groups is 1. The minimum absolute atomic E-state index is 0.267. The van der Waals surface area contributed by atoms with Gasteiger partial charge in [0.05, 0.1) is 11.6 Å². The van der Waals surface area contributed by atoms with E-state index in [2.05, 4.69) is 16.4 Å². The van der Waals surface area contributed by atoms with Gasteiger partial charge in [-0.3, -0.25) is 0 Å². The molecule has 0 bridgehead atoms. The first-order valence-corrected chi connectivity index (χ1v) is 6.47. The van der Waals surface area contributed by atoms with E-state index in [1.807, 2.05) is 6.92 Å². The van der Waals surface area contributed by atoms with Gasteiger partial charge in [0.2, 0.25) is 0 Å². The SMILES string of the molecule is Cc1cc(C#N)cc(NC2CCCC(CO)C2)n1. The Morgan fingerprint density at radius 3 is 3.06 bits per heavy atom. The molecule has 0 spiro atoms. The van der Waals surface area contributed by atoms with Crippen molar-refractivity contribution in [2.45, 2.75) is 38.6 Å². The number of aromatic nitrogens is 1. The lowest BCUT2D eigenvalue weighted by molar-refractivity contribution is 0.184. The van der Waals surface area contributed by atoms with E-state index in [9.17, 15) is 5.11 Å². The standard InChI is InChI=1S/C14H19N3O/c1-10-5-12(8-15)7-14(16-10)17-13-4-2-3-11(6-13)9-18/h5,7,11,13,18H,2-4,6,9H2,1H3,(H,16,17). The summed E-state index contributed by atoms with van der Waals surface area (Å²) in [5.74, 6) is 1.17. The minimum Gasteiger partial charge on any atom is -0.396 e. The van der Waals surface area contributed by atoms with Crippen molar-refractivity contribution < 1.29 is 5.11 Å². The van der Waals surface area contributed by atoms with Crippen molar-refractivity contribution in [2.75, 3.05) is 11.9 Å². The normalized spacial score (nSPS) is 23.4. The molecule has 18 heavy (non-hydrogen) atoms. The summed E-state index contributed by atoms with van der Waals surface area (Å²) in [6, 6.07) is 6.07. The highest BCUT2D eigenvalue weighted by Gasteiger charge is 2.21. The van der Waals surface area contributed by atoms with Gasteiger partial charge in [0, 0.05) is 18.3 Å². The van der Waals surface area contributed by atoms with Crippen LogP contribution in [0.1, 0.15) is 36.9 Å². The largest absolute Gasteiger partial charge is 0.396 e. The fourth-order valence-electron chi connectivity index (χ4n) is 2.60. The van der Waals surface area contributed by atoms with Gasteiger partial charge in [-0.15, -0.1) is 0 Å². The maximum Gasteiger partial charge on any atom is 0.127 e. The first-order valence-electron chi connectivity index (χ1n) is 6.47. The summed E-state index contributed by atoms with van der Waals surface area (Å²) in [6.45, 7) is 2.16. The third-order valence-corrected chi connectivity index (χ3v) is 3.48. The molecule has 0 aromatic carbocycles. The van der Waals surface area contributed by atoms with Crippen molar-refractivity contribution in [2.24, 2.45) is 5.92 Å². The molecule has 1 aliphatic rings. The van der Waals surface area contributed by atoms with Gasteiger partial charge in [0.1, 0.15) is 5.82 Å². The Morgan fingerprint density at radius 1 is 1.50 bits per heavy atom. The van der Waals surface area contributed by atoms with Crippen molar-refractivity contribution in [1.29, 1.82) is 5.26 Å². The predicted octanol–water partition coefficient (Wildman–Crippen LogP) is 2.22. The Labute approximate surface area is 108 Å². The lowest BCUT2D eigenvalue weighted by Gasteiger charge is -2.29. The number of anilines is 1. The molecule has 4 nitrogen and oxygen atoms in total. The molecule has 1 aromatic rings. The fraction of sp³-hybridized carbons (Fsp3) is 0.571. The summed E-state index contributed by atoms with van der Waals surface area (Å²) < 4.78 is 0. The van der Waals surface area contributed by atoms with Crippen LogP contribution in [0.5, 0.6) is 0 Å². The van der Waals surface area contributed by atoms with Crippen LogP contribution in [0.2, 0.25) is 0 Å². The van der Waals surface area contributed by atoms with Crippen molar-refractivity contribution in [3.8, 4) is 6.07 Å². The highest BCUT2D eigenvalue weighted by molar-refractivity contribution is 5.45. The van der Waals surface area contributed by atoms with Crippen LogP contribution in [-0.4, -0.2) is 22.7 Å². The van der Waals surface area contributed by atoms with Crippen LogP contribution >= 0.6 is 0 Å². The molecule has 1 aromatic heterocycles. The number of hydrogen-bond donors (Lipinski definition) is 2. The highest BCUT2D eigenvalue weighted by atomic mass is 16.3. The summed E-state index contributed by atoms with van der Waals surface area (Å²) in [7, 11) is 0. The molecule has 4 heteroatoms. The zero-order valence-corrected chi connectivity index (χ0v) is 10.7. The maximum absolute atomic E-state index is 9.21. The van der Waals surface area contributed by atoms with Gasteiger partial charge in [-0.25, -0.2) is 4.98 Å². The van der Waals surface area contributed by atoms with E-state index in [0.717, 1.165) is 37.2 Å². The lowest BCUT2D eigenvalue weighted by Crippen LogP contribution is -2.29. The molecule has 2 N–H and O–H groups in total. The second-order valence-corrected chi connectivity index (χ2v) is 5.05. The predicted molar refractivity (Wildman–Crippen MR) is 70.1 cm³/mol. The molecule has 1 saturated carbocycles. The summed E-state index contributed by atoms with van der Waals surface area (Å²) in [4.78, 5) is 4.40. The van der Waals surface area contributed by atoms with E-state index in [0.29, 0.717) is 17.5 Å². The van der Waals surface area contributed by atoms with Crippen molar-refractivity contribution in [1.82, 2.24) is 4.98 Å². The van der Waals surface area contributed by atoms with E-state index in [-0.39, 0.29) is 6.61 Å². The van der Waals surface area contributed by atoms with Crippen LogP contribution in [0.3, 0.4) is 0 Å². The van der Waals surface area contributed by atoms with Gasteiger partial charge < -0.3 is 10.4 Å². The first kappa shape index (κ1) is 12.8. The van der Waals surface area contributed by atoms with Gasteiger partial charge in [-0.2, -0.15) is 5.26 Å². The third-order valence-electron chi connectivity index (χ3n) is 3.48. The van der Waals surface area contributed by atoms with Crippen LogP contribution < -0.4 is 5.32 Å². The Kier molecular flexibility index (Phi) is 4.16. The molecular formula is C14H19N3O. The summed E-state index contributed by atoms with van der Waals surface area (Å²) in [5.41, 5.74) is 1.49. The zero-order chi connectivity index (χ0) is 13.0. The average Bonchev–Trinajstić information content (AvgIpc) is 2.38. The molecule has 1 heterocycles. The van der Waals surface area contributed by atoms with Crippen LogP contribution in [0.15, 0.2) is 12.1 Å². The van der Waals surface area contributed by atoms with Gasteiger partial charge in [-0.05, 0) is 44.2 Å². The number of aliphatic hydroxyl groups excluding tert-OH is 1. The number of rotatable bonds is 3. The lowest BCUT2D eigenvalue weighted by atomic mass is 9.86. The maximum atomic E-state index is 9.21. The van der Waals surface area contributed by atoms with Gasteiger partial charge in [0.25, 0.3) is 0 Å². The molecule has 0 aliphatic heterocycles. The van der Waals surface area contributed by atoms with E-state index in [4.69, 9.17) is 5.26 Å². The smallest absolute Gasteiger partial charge is 0.127 e. The van der Waals surface area contributed by atoms with Gasteiger partial charge in [-0.1, -0.05) is 6.42 Å². The molecule has 1 fully saturated rings. The molecule has 0 saturated heterocycles. The summed E-state index contributed by atoms with van der Waals surface area (Å²) in [6.07, 6.45) is 4.33. The molecule has 1 aliphatic carbocycles. The molecule has 96 valence electrons. The second-order valence-electron chi connectivity index (χ2n) is 5.05. The molecule has 2 unspecified atom stereocenters. The summed E-state index contributed by atoms with van der Waals surface area (Å²) in [5, 5.41) is 21.5. The molecule has 2 rings (SSSR count). The van der Waals surface area contributed by atoms with Crippen molar-refractivity contribution in [3.05, 3.63) is 23.4 Å². The van der Waals surface area contributed by atoms with Crippen molar-refractivity contribution >= 4 is 5.82 Å². The number of nitrogens with one attached hydrogen (secondary N) is 1. The number of aryl methyl sites for hydroxylation is 1. The van der Waals surface area contributed by atoms with E-state index in [1.54, 1.807) is 12.1 Å². The Morgan fingerprint density at radius 2 is 2.33 bits per heavy atom. The number of hydrogen-bond acceptors (Lipinski definition) is 4. The third kappa shape index (κ3) is 3.21. The zero-order valence-electron chi connectivity index (χ0n) is 10.7. The number of nitriles is 1. The number of nitrogens with zero attached hydrogens (tertiary/aromatic N) is 2. The Bertz CT molecular complexity index is 453. The summed E-state index contributed by atoms with van der Waals surface area (Å²) >= 11 is 0. The van der Waals surface area contributed by atoms with Crippen LogP contribution in [0.4, 0.5) is 5.82 Å². The average molecular weight is 245 g/mol. The topological polar surface area (TPSA) is 68.9 Å². The van der Waals surface area contributed by atoms with E-state index >= 15 is 0 Å². The van der Waals surface area contributed by atoms with Crippen LogP contribution in [-0.2, 0) is 0 Å². The first-order chi connectivity index (χ1) is 8.71. The van der Waals surface area contributed by atoms with E-state index < -0.39 is 0 Å². The molecule has 2 atom stereocenters. The van der Waals surface area contributed by atoms with Crippen LogP contribution in [0, 0.1) is 24.2 Å². The van der Waals surface area contributed by atoms with Gasteiger partial charge in [0.15, 0.2) is 0 Å². The highest BCUT2D eigenvalue weighted by Crippen LogP contribution is 2.26. The quantitative estimate of drug-likeness (QED) is 0.856. The van der Waals surface area contributed by atoms with Crippen LogP contribution in [0.25, 0.3) is 0 Å². The van der Waals surface area contributed by atoms with Crippen molar-refractivity contribution in [3.63, 3.8) is 0 Å². The fourth-order valence-corrected chi connectivity index (χ4v) is 2.60. The number of pyridine rings is 1. The Hall–Kier alpha value is -1.60. The minimum atomic E-state index is 0.267. The van der Waals surface area contributed by atoms with E-state index in [1.165, 1.54) is 0 Å². The molecular weight excluding hydrogens is 226 g/mol. The molecule has 0 radical (unpaired) electrons. The monoisotopic (exact) mass is 245 g/mol. The molecule has 0 amide bonds. The second kappa shape index (κ2) is 5.83. The van der Waals surface area contributed by atoms with Gasteiger partial charge >= 0.3 is 0 Å². The Balaban J connectivity index is 2.05.